The molecule has 40 nitrogen and oxygen atoms in total. The molecule has 1 aliphatic heterocycles. The SMILES string of the molecule is CC[C@H](C)[C@H](NC(=O)[C@@H](N)CCCN=C(N)N)C(=O)N[C@@H](CC(N)=O)C(=O)N[C@@H](CC(N)=O)C(=O)N[C@H](C(=O)N1C[C@@H](n2cc(-c3ccccc3CO)nn2)C[C@H]1C(=O)N[C@@H](Cc1c[nH]c2ccccc12)C(=O)N[C@@H](CO)C(=O)N[C@@H](CCC(=O)O)C(=O)N[C@@H](C)C(=O)N[C@@H](CCSC)C(=O)N[C@@H](CCSC)C(=O)O)[C@@H](C)CC. The molecule has 13 amide bonds. The highest BCUT2D eigenvalue weighted by Gasteiger charge is 2.46. The molecular weight excluding hydrogens is 1530 g/mol. The molecule has 0 saturated carbocycles. The number of hydrogen-bond donors (Lipinski definition) is 20. The van der Waals surface area contributed by atoms with Crippen molar-refractivity contribution in [2.24, 2.45) is 45.5 Å². The van der Waals surface area contributed by atoms with Crippen LogP contribution in [0.4, 0.5) is 0 Å². The molecule has 3 heterocycles. The van der Waals surface area contributed by atoms with E-state index in [1.165, 1.54) is 41.3 Å². The molecule has 5 rings (SSSR count). The van der Waals surface area contributed by atoms with Gasteiger partial charge in [-0.05, 0) is 92.1 Å². The zero-order chi connectivity index (χ0) is 84.6. The van der Waals surface area contributed by atoms with Gasteiger partial charge in [-0.1, -0.05) is 88.2 Å². The number of carbonyl (C=O) groups excluding carboxylic acids is 13. The summed E-state index contributed by atoms with van der Waals surface area (Å²) in [5, 5.41) is 74.6. The third kappa shape index (κ3) is 28.3. The Morgan fingerprint density at radius 1 is 0.596 bits per heavy atom. The van der Waals surface area contributed by atoms with Crippen molar-refractivity contribution >= 4 is 129 Å². The summed E-state index contributed by atoms with van der Waals surface area (Å²) in [6, 6.07) is -6.32. The molecule has 114 heavy (non-hydrogen) atoms. The van der Waals surface area contributed by atoms with Crippen LogP contribution in [0.25, 0.3) is 22.2 Å². The van der Waals surface area contributed by atoms with Crippen LogP contribution in [0, 0.1) is 11.8 Å². The number of nitrogens with two attached hydrogens (primary N) is 5. The largest absolute Gasteiger partial charge is 0.481 e. The smallest absolute Gasteiger partial charge is 0.326 e. The Labute approximate surface area is 665 Å². The second-order valence-corrected chi connectivity index (χ2v) is 29.6. The molecule has 0 bridgehead atoms. The molecule has 15 atom stereocenters. The van der Waals surface area contributed by atoms with E-state index in [2.05, 4.69) is 73.5 Å². The van der Waals surface area contributed by atoms with Crippen molar-refractivity contribution in [2.45, 2.75) is 197 Å². The molecule has 1 saturated heterocycles. The number of rotatable bonds is 49. The molecule has 0 unspecified atom stereocenters. The maximum atomic E-state index is 15.7. The van der Waals surface area contributed by atoms with Gasteiger partial charge in [-0.3, -0.25) is 72.1 Å². The summed E-state index contributed by atoms with van der Waals surface area (Å²) in [5.74, 6) is -17.2. The third-order valence-corrected chi connectivity index (χ3v) is 20.5. The number of H-pyrrole nitrogens is 1. The number of carboxylic acids is 2. The monoisotopic (exact) mass is 1630 g/mol. The summed E-state index contributed by atoms with van der Waals surface area (Å²) in [7, 11) is 0. The van der Waals surface area contributed by atoms with E-state index in [1.54, 1.807) is 94.9 Å². The molecule has 25 N–H and O–H groups in total. The zero-order valence-electron chi connectivity index (χ0n) is 64.5. The lowest BCUT2D eigenvalue weighted by atomic mass is 9.96. The first-order valence-corrected chi connectivity index (χ1v) is 39.8. The normalized spacial score (nSPS) is 16.6. The van der Waals surface area contributed by atoms with Crippen LogP contribution in [0.5, 0.6) is 0 Å². The van der Waals surface area contributed by atoms with E-state index in [-0.39, 0.29) is 69.9 Å². The van der Waals surface area contributed by atoms with Crippen LogP contribution >= 0.6 is 23.5 Å². The minimum atomic E-state index is -1.96. The van der Waals surface area contributed by atoms with E-state index >= 15 is 14.4 Å². The van der Waals surface area contributed by atoms with E-state index in [0.717, 1.165) is 4.90 Å². The number of primary amides is 2. The van der Waals surface area contributed by atoms with Crippen LogP contribution in [0.1, 0.15) is 122 Å². The van der Waals surface area contributed by atoms with Gasteiger partial charge in [-0.25, -0.2) is 9.48 Å². The number of para-hydroxylation sites is 1. The molecule has 2 aromatic heterocycles. The maximum Gasteiger partial charge on any atom is 0.326 e. The van der Waals surface area contributed by atoms with Gasteiger partial charge in [0.25, 0.3) is 0 Å². The number of aliphatic imine (C=N–C) groups is 1. The van der Waals surface area contributed by atoms with Crippen LogP contribution in [0.3, 0.4) is 0 Å². The van der Waals surface area contributed by atoms with Crippen molar-refractivity contribution in [3.05, 3.63) is 72.1 Å². The van der Waals surface area contributed by atoms with Gasteiger partial charge in [0.1, 0.15) is 72.2 Å². The van der Waals surface area contributed by atoms with Crippen molar-refractivity contribution < 1.29 is 92.3 Å². The number of aliphatic hydroxyl groups is 2. The summed E-state index contributed by atoms with van der Waals surface area (Å²) in [6.07, 6.45) is 3.71. The molecule has 4 aromatic rings. The first-order valence-electron chi connectivity index (χ1n) is 37.0. The minimum absolute atomic E-state index is 0.0427. The van der Waals surface area contributed by atoms with E-state index in [0.29, 0.717) is 51.9 Å². The number of carbonyl (C=O) groups is 15. The van der Waals surface area contributed by atoms with Crippen molar-refractivity contribution in [1.29, 1.82) is 0 Å². The molecular formula is C72H107N21O19S2. The summed E-state index contributed by atoms with van der Waals surface area (Å²) in [5.41, 5.74) is 30.4. The Bertz CT molecular complexity index is 4070. The van der Waals surface area contributed by atoms with Crippen LogP contribution in [-0.2, 0) is 84.9 Å². The molecule has 0 spiro atoms. The number of guanidine groups is 1. The lowest BCUT2D eigenvalue weighted by Crippen LogP contribution is -2.62. The molecule has 0 aliphatic carbocycles. The number of thioether (sulfide) groups is 2. The number of nitrogens with zero attached hydrogens (tertiary/aromatic N) is 5. The highest BCUT2D eigenvalue weighted by atomic mass is 32.2. The second kappa shape index (κ2) is 46.3. The van der Waals surface area contributed by atoms with Crippen LogP contribution in [0.15, 0.2) is 65.9 Å². The number of amides is 13. The number of likely N-dealkylation sites (tertiary alicyclic amines) is 1. The Kier molecular flexibility index (Phi) is 38.0. The summed E-state index contributed by atoms with van der Waals surface area (Å²) >= 11 is 2.69. The lowest BCUT2D eigenvalue weighted by molar-refractivity contribution is -0.144. The van der Waals surface area contributed by atoms with Crippen molar-refractivity contribution in [2.75, 3.05) is 43.7 Å². The van der Waals surface area contributed by atoms with Gasteiger partial charge in [-0.2, -0.15) is 23.5 Å². The molecule has 0 radical (unpaired) electrons. The third-order valence-electron chi connectivity index (χ3n) is 19.2. The average Bonchev–Trinajstić information content (AvgIpc) is 1.64. The molecule has 1 aliphatic rings. The van der Waals surface area contributed by atoms with Crippen molar-refractivity contribution in [3.63, 3.8) is 0 Å². The number of hydrogen-bond acceptors (Lipinski definition) is 23. The lowest BCUT2D eigenvalue weighted by Gasteiger charge is -2.33. The number of fused-ring (bicyclic) bond motifs is 1. The molecule has 1 fully saturated rings. The summed E-state index contributed by atoms with van der Waals surface area (Å²) < 4.78 is 1.37. The fraction of sp³-hybridized carbons (Fsp3) is 0.556. The van der Waals surface area contributed by atoms with Crippen molar-refractivity contribution in [1.82, 2.24) is 78.0 Å². The van der Waals surface area contributed by atoms with Gasteiger partial charge >= 0.3 is 11.9 Å². The number of aromatic nitrogens is 4. The van der Waals surface area contributed by atoms with E-state index in [4.69, 9.17) is 28.7 Å². The van der Waals surface area contributed by atoms with E-state index < -0.39 is 211 Å². The van der Waals surface area contributed by atoms with Gasteiger partial charge < -0.3 is 112 Å². The predicted octanol–water partition coefficient (Wildman–Crippen LogP) is -4.16. The topological polar surface area (TPSA) is 649 Å². The van der Waals surface area contributed by atoms with Gasteiger partial charge in [-0.15, -0.1) is 5.10 Å². The van der Waals surface area contributed by atoms with E-state index in [9.17, 15) is 78.0 Å². The van der Waals surface area contributed by atoms with Crippen LogP contribution < -0.4 is 81.8 Å². The number of aromatic amines is 1. The minimum Gasteiger partial charge on any atom is -0.481 e. The maximum absolute atomic E-state index is 15.7. The van der Waals surface area contributed by atoms with Gasteiger partial charge in [0.05, 0.1) is 44.3 Å². The summed E-state index contributed by atoms with van der Waals surface area (Å²) in [6.45, 7) is 6.02. The van der Waals surface area contributed by atoms with E-state index in [1.807, 2.05) is 0 Å². The number of benzene rings is 2. The van der Waals surface area contributed by atoms with Gasteiger partial charge in [0.15, 0.2) is 5.96 Å². The fourth-order valence-electron chi connectivity index (χ4n) is 12.3. The zero-order valence-corrected chi connectivity index (χ0v) is 66.1. The molecule has 42 heteroatoms. The quantitative estimate of drug-likeness (QED) is 0.0113. The Balaban J connectivity index is 1.49. The van der Waals surface area contributed by atoms with Crippen LogP contribution in [-0.4, -0.2) is 256 Å². The fourth-order valence-corrected chi connectivity index (χ4v) is 13.2. The first kappa shape index (κ1) is 93.6. The standard InChI is InChI=1S/C72H107N21O19S2/c1-8-36(3)58(88-61(101)44(73)18-14-24-78-72(76)77)69(109)86-50(29-55(74)96)65(105)84-51(30-56(75)97)66(106)89-59(37(4)9-2)70(110)92-32-41(93-33-52(90-91-93)42-16-11-10-15-39(42)34-94)28-54(92)68(108)85-49(27-40-31-79-45-19-13-12-17-43(40)45)64(104)87-53(35-95)67(107)82-46(20-21-57(98)99)62(102)80-38(5)60(100)81-47(22-25-113-6)63(103)83-48(71(111)112)23-26-114-7/h10-13,15-17,19,31,33,36-38,41,44,46-51,53-54,58-59,79,94-95H,8-9,14,18,20-30,32,34-35,73H2,1-7H3,(H2,74,96)(H2,75,97)(H,80,102)(H,81,100)(H,82,107)(H,83,103)(H,84,105)(H,85,108)(H,86,109)(H,87,104)(H,88,101)(H,89,106)(H,98,99)(H,111,112)(H4,76,77,78)/t36-,37-,38-,41-,44-,46-,47-,48-,49-,50-,51-,53-,54-,58-,59-/m0/s1. The average molecular weight is 1630 g/mol. The molecule has 2 aromatic carbocycles. The number of aliphatic hydroxyl groups excluding tert-OH is 2. The second-order valence-electron chi connectivity index (χ2n) is 27.7. The number of aliphatic carboxylic acids is 2. The Morgan fingerprint density at radius 2 is 1.12 bits per heavy atom. The molecule has 626 valence electrons. The number of carboxylic acid groups (broad SMARTS) is 2. The number of nitrogens with one attached hydrogen (secondary N) is 11. The van der Waals surface area contributed by atoms with Gasteiger partial charge in [0, 0.05) is 55.0 Å². The van der Waals surface area contributed by atoms with Gasteiger partial charge in [0.2, 0.25) is 76.8 Å². The Morgan fingerprint density at radius 3 is 1.73 bits per heavy atom. The summed E-state index contributed by atoms with van der Waals surface area (Å²) in [4.78, 5) is 216. The highest BCUT2D eigenvalue weighted by Crippen LogP contribution is 2.32. The first-order chi connectivity index (χ1) is 54.1. The van der Waals surface area contributed by atoms with Crippen LogP contribution in [0.2, 0.25) is 0 Å². The predicted molar refractivity (Wildman–Crippen MR) is 420 cm³/mol. The highest BCUT2D eigenvalue weighted by molar-refractivity contribution is 7.98. The Hall–Kier alpha value is -11.0. The van der Waals surface area contributed by atoms with Crippen molar-refractivity contribution in [3.8, 4) is 11.3 Å².